The van der Waals surface area contributed by atoms with Crippen LogP contribution in [0.15, 0.2) is 78.9 Å². The van der Waals surface area contributed by atoms with Crippen molar-refractivity contribution in [3.63, 3.8) is 0 Å². The molecule has 0 saturated carbocycles. The zero-order valence-corrected chi connectivity index (χ0v) is 18.9. The van der Waals surface area contributed by atoms with Crippen LogP contribution >= 0.6 is 0 Å². The van der Waals surface area contributed by atoms with E-state index in [0.717, 1.165) is 17.5 Å². The molecular formula is C27H30N2O3. The second-order valence-electron chi connectivity index (χ2n) is 8.62. The van der Waals surface area contributed by atoms with Gasteiger partial charge in [-0.3, -0.25) is 9.59 Å². The number of benzene rings is 3. The maximum absolute atomic E-state index is 12.7. The molecule has 0 fully saturated rings. The molecule has 0 aliphatic rings. The molecule has 0 saturated heterocycles. The molecule has 0 aliphatic heterocycles. The van der Waals surface area contributed by atoms with Crippen molar-refractivity contribution in [3.05, 3.63) is 95.6 Å². The number of nitrogens with one attached hydrogen (secondary N) is 2. The molecule has 5 heteroatoms. The van der Waals surface area contributed by atoms with E-state index in [1.54, 1.807) is 24.3 Å². The van der Waals surface area contributed by atoms with Crippen LogP contribution in [0.2, 0.25) is 0 Å². The molecule has 0 aliphatic carbocycles. The van der Waals surface area contributed by atoms with Gasteiger partial charge in [-0.05, 0) is 41.2 Å². The third-order valence-electron chi connectivity index (χ3n) is 5.04. The van der Waals surface area contributed by atoms with Crippen LogP contribution in [-0.2, 0) is 16.6 Å². The Kier molecular flexibility index (Phi) is 7.66. The Hall–Kier alpha value is -3.60. The summed E-state index contributed by atoms with van der Waals surface area (Å²) in [5.41, 5.74) is 2.97. The van der Waals surface area contributed by atoms with Crippen molar-refractivity contribution in [2.45, 2.75) is 32.6 Å². The summed E-state index contributed by atoms with van der Waals surface area (Å²) in [7, 11) is 0. The second kappa shape index (κ2) is 10.6. The lowest BCUT2D eigenvalue weighted by molar-refractivity contribution is -0.118. The summed E-state index contributed by atoms with van der Waals surface area (Å²) in [6.45, 7) is 6.67. The average Bonchev–Trinajstić information content (AvgIpc) is 2.78. The summed E-state index contributed by atoms with van der Waals surface area (Å²) in [6.07, 6.45) is 0.738. The topological polar surface area (TPSA) is 67.4 Å². The van der Waals surface area contributed by atoms with Gasteiger partial charge in [-0.25, -0.2) is 0 Å². The molecular weight excluding hydrogens is 400 g/mol. The molecule has 0 unspecified atom stereocenters. The summed E-state index contributed by atoms with van der Waals surface area (Å²) in [5, 5.41) is 5.72. The molecule has 0 heterocycles. The summed E-state index contributed by atoms with van der Waals surface area (Å²) >= 11 is 0. The number of rotatable bonds is 8. The van der Waals surface area contributed by atoms with Crippen molar-refractivity contribution in [2.75, 3.05) is 18.5 Å². The molecule has 0 spiro atoms. The van der Waals surface area contributed by atoms with Gasteiger partial charge in [0.2, 0.25) is 0 Å². The van der Waals surface area contributed by atoms with Gasteiger partial charge in [0.05, 0.1) is 11.3 Å². The molecule has 0 atom stereocenters. The van der Waals surface area contributed by atoms with Crippen molar-refractivity contribution in [3.8, 4) is 5.75 Å². The van der Waals surface area contributed by atoms with E-state index in [9.17, 15) is 9.59 Å². The first-order valence-electron chi connectivity index (χ1n) is 10.8. The lowest BCUT2D eigenvalue weighted by Crippen LogP contribution is -2.28. The Morgan fingerprint density at radius 2 is 1.50 bits per heavy atom. The van der Waals surface area contributed by atoms with Crippen LogP contribution in [0.4, 0.5) is 5.69 Å². The number of ether oxygens (including phenoxy) is 1. The standard InChI is InChI=1S/C27H30N2O3/c1-27(2,3)22-14-8-10-16-24(22)32-19-25(30)29-23-15-9-7-13-21(23)26(31)28-18-17-20-11-5-4-6-12-20/h4-16H,17-19H2,1-3H3,(H,28,31)(H,29,30). The van der Waals surface area contributed by atoms with Gasteiger partial charge in [0.25, 0.3) is 11.8 Å². The highest BCUT2D eigenvalue weighted by Gasteiger charge is 2.19. The van der Waals surface area contributed by atoms with Gasteiger partial charge in [-0.1, -0.05) is 81.4 Å². The van der Waals surface area contributed by atoms with Crippen molar-refractivity contribution >= 4 is 17.5 Å². The minimum atomic E-state index is -0.321. The lowest BCUT2D eigenvalue weighted by atomic mass is 9.86. The van der Waals surface area contributed by atoms with E-state index in [1.807, 2.05) is 54.6 Å². The van der Waals surface area contributed by atoms with E-state index >= 15 is 0 Å². The molecule has 32 heavy (non-hydrogen) atoms. The summed E-state index contributed by atoms with van der Waals surface area (Å²) in [6, 6.07) is 24.7. The number of carbonyl (C=O) groups excluding carboxylic acids is 2. The number of carbonyl (C=O) groups is 2. The fraction of sp³-hybridized carbons (Fsp3) is 0.259. The molecule has 0 bridgehead atoms. The second-order valence-corrected chi connectivity index (χ2v) is 8.62. The summed E-state index contributed by atoms with van der Waals surface area (Å²) < 4.78 is 5.80. The fourth-order valence-electron chi connectivity index (χ4n) is 3.39. The van der Waals surface area contributed by atoms with Gasteiger partial charge in [0.1, 0.15) is 5.75 Å². The van der Waals surface area contributed by atoms with Gasteiger partial charge in [-0.2, -0.15) is 0 Å². The van der Waals surface area contributed by atoms with Crippen LogP contribution in [0, 0.1) is 0 Å². The van der Waals surface area contributed by atoms with Crippen molar-refractivity contribution in [2.24, 2.45) is 0 Å². The normalized spacial score (nSPS) is 11.0. The van der Waals surface area contributed by atoms with Crippen LogP contribution < -0.4 is 15.4 Å². The number of hydrogen-bond donors (Lipinski definition) is 2. The highest BCUT2D eigenvalue weighted by Crippen LogP contribution is 2.30. The van der Waals surface area contributed by atoms with Gasteiger partial charge in [-0.15, -0.1) is 0 Å². The zero-order chi connectivity index (χ0) is 23.0. The minimum absolute atomic E-state index is 0.0997. The Morgan fingerprint density at radius 3 is 2.25 bits per heavy atom. The molecule has 5 nitrogen and oxygen atoms in total. The lowest BCUT2D eigenvalue weighted by Gasteiger charge is -2.22. The quantitative estimate of drug-likeness (QED) is 0.530. The Balaban J connectivity index is 1.59. The minimum Gasteiger partial charge on any atom is -0.483 e. The largest absolute Gasteiger partial charge is 0.483 e. The molecule has 0 radical (unpaired) electrons. The predicted octanol–water partition coefficient (Wildman–Crippen LogP) is 4.97. The Labute approximate surface area is 189 Å². The van der Waals surface area contributed by atoms with E-state index in [0.29, 0.717) is 23.5 Å². The van der Waals surface area contributed by atoms with Crippen LogP contribution in [0.1, 0.15) is 42.3 Å². The smallest absolute Gasteiger partial charge is 0.262 e. The van der Waals surface area contributed by atoms with E-state index in [1.165, 1.54) is 0 Å². The van der Waals surface area contributed by atoms with Crippen molar-refractivity contribution in [1.82, 2.24) is 5.32 Å². The van der Waals surface area contributed by atoms with E-state index < -0.39 is 0 Å². The molecule has 0 aromatic heterocycles. The molecule has 3 aromatic rings. The Bertz CT molecular complexity index is 1060. The molecule has 166 valence electrons. The third kappa shape index (κ3) is 6.45. The highest BCUT2D eigenvalue weighted by molar-refractivity contribution is 6.04. The third-order valence-corrected chi connectivity index (χ3v) is 5.04. The van der Waals surface area contributed by atoms with Crippen LogP contribution in [-0.4, -0.2) is 25.0 Å². The van der Waals surface area contributed by atoms with Crippen molar-refractivity contribution < 1.29 is 14.3 Å². The molecule has 2 N–H and O–H groups in total. The average molecular weight is 431 g/mol. The van der Waals surface area contributed by atoms with Gasteiger partial charge in [0.15, 0.2) is 6.61 Å². The summed E-state index contributed by atoms with van der Waals surface area (Å²) in [4.78, 5) is 25.2. The number of para-hydroxylation sites is 2. The van der Waals surface area contributed by atoms with E-state index in [-0.39, 0.29) is 23.8 Å². The number of hydrogen-bond acceptors (Lipinski definition) is 3. The number of anilines is 1. The van der Waals surface area contributed by atoms with Crippen LogP contribution in [0.3, 0.4) is 0 Å². The van der Waals surface area contributed by atoms with E-state index in [2.05, 4.69) is 31.4 Å². The highest BCUT2D eigenvalue weighted by atomic mass is 16.5. The first-order chi connectivity index (χ1) is 15.3. The van der Waals surface area contributed by atoms with E-state index in [4.69, 9.17) is 4.74 Å². The summed E-state index contributed by atoms with van der Waals surface area (Å²) in [5.74, 6) is 0.135. The fourth-order valence-corrected chi connectivity index (χ4v) is 3.39. The van der Waals surface area contributed by atoms with Crippen molar-refractivity contribution in [1.29, 1.82) is 0 Å². The molecule has 3 aromatic carbocycles. The van der Waals surface area contributed by atoms with Crippen LogP contribution in [0.25, 0.3) is 0 Å². The van der Waals surface area contributed by atoms with Gasteiger partial charge >= 0.3 is 0 Å². The Morgan fingerprint density at radius 1 is 0.844 bits per heavy atom. The zero-order valence-electron chi connectivity index (χ0n) is 18.9. The molecule has 2 amide bonds. The number of amides is 2. The molecule has 3 rings (SSSR count). The SMILES string of the molecule is CC(C)(C)c1ccccc1OCC(=O)Nc1ccccc1C(=O)NCCc1ccccc1. The maximum atomic E-state index is 12.7. The maximum Gasteiger partial charge on any atom is 0.262 e. The predicted molar refractivity (Wildman–Crippen MR) is 128 cm³/mol. The van der Waals surface area contributed by atoms with Gasteiger partial charge in [0, 0.05) is 6.54 Å². The first-order valence-corrected chi connectivity index (χ1v) is 10.8. The van der Waals surface area contributed by atoms with Crippen LogP contribution in [0.5, 0.6) is 5.75 Å². The van der Waals surface area contributed by atoms with Gasteiger partial charge < -0.3 is 15.4 Å². The monoisotopic (exact) mass is 430 g/mol. The first kappa shape index (κ1) is 23.1.